The second-order valence-electron chi connectivity index (χ2n) is 4.61. The highest BCUT2D eigenvalue weighted by molar-refractivity contribution is 6.09. The zero-order chi connectivity index (χ0) is 16.7. The Kier molecular flexibility index (Phi) is 5.66. The Hall–Kier alpha value is -2.92. The average Bonchev–Trinajstić information content (AvgIpc) is 2.60. The normalized spacial score (nSPS) is 10.5. The van der Waals surface area contributed by atoms with Gasteiger partial charge >= 0.3 is 5.97 Å². The Morgan fingerprint density at radius 1 is 1.00 bits per heavy atom. The monoisotopic (exact) mass is 312 g/mol. The topological polar surface area (TPSA) is 72.8 Å². The van der Waals surface area contributed by atoms with Gasteiger partial charge in [0.1, 0.15) is 5.75 Å². The second kappa shape index (κ2) is 7.91. The first-order valence-corrected chi connectivity index (χ1v) is 6.88. The van der Waals surface area contributed by atoms with Gasteiger partial charge < -0.3 is 14.6 Å². The third-order valence-corrected chi connectivity index (χ3v) is 3.13. The lowest BCUT2D eigenvalue weighted by Crippen LogP contribution is -2.01. The first-order valence-electron chi connectivity index (χ1n) is 6.88. The number of hydrogen-bond donors (Lipinski definition) is 1. The molecule has 2 aromatic carbocycles. The molecule has 0 heterocycles. The van der Waals surface area contributed by atoms with E-state index >= 15 is 0 Å². The maximum absolute atomic E-state index is 12.4. The van der Waals surface area contributed by atoms with Gasteiger partial charge in [0.15, 0.2) is 12.6 Å². The number of carbonyl (C=O) groups is 2. The van der Waals surface area contributed by atoms with E-state index in [4.69, 9.17) is 9.84 Å². The molecule has 23 heavy (non-hydrogen) atoms. The first-order chi connectivity index (χ1) is 11.1. The Bertz CT molecular complexity index is 699. The van der Waals surface area contributed by atoms with Crippen LogP contribution in [0, 0.1) is 0 Å². The number of hydrogen-bond acceptors (Lipinski definition) is 5. The number of ether oxygens (including phenoxy) is 2. The van der Waals surface area contributed by atoms with E-state index in [1.807, 2.05) is 0 Å². The van der Waals surface area contributed by atoms with E-state index in [0.717, 1.165) is 5.56 Å². The third-order valence-electron chi connectivity index (χ3n) is 3.13. The largest absolute Gasteiger partial charge is 0.468 e. The van der Waals surface area contributed by atoms with Crippen molar-refractivity contribution in [1.29, 1.82) is 0 Å². The molecule has 0 atom stereocenters. The maximum atomic E-state index is 12.4. The van der Waals surface area contributed by atoms with Gasteiger partial charge in [-0.25, -0.2) is 4.79 Å². The number of ketones is 1. The summed E-state index contributed by atoms with van der Waals surface area (Å²) in [7, 11) is 1.31. The van der Waals surface area contributed by atoms with Crippen LogP contribution < -0.4 is 4.74 Å². The van der Waals surface area contributed by atoms with Crippen molar-refractivity contribution >= 4 is 17.8 Å². The summed E-state index contributed by atoms with van der Waals surface area (Å²) in [4.78, 5) is 23.4. The minimum atomic E-state index is -0.435. The molecule has 0 saturated carbocycles. The molecule has 5 heteroatoms. The fourth-order valence-electron chi connectivity index (χ4n) is 1.92. The van der Waals surface area contributed by atoms with Gasteiger partial charge in [0.25, 0.3) is 0 Å². The molecule has 0 unspecified atom stereocenters. The molecule has 0 bridgehead atoms. The van der Waals surface area contributed by atoms with Gasteiger partial charge in [-0.1, -0.05) is 24.3 Å². The predicted octanol–water partition coefficient (Wildman–Crippen LogP) is 2.43. The van der Waals surface area contributed by atoms with Crippen molar-refractivity contribution in [3.63, 3.8) is 0 Å². The molecule has 0 aliphatic heterocycles. The molecule has 118 valence electrons. The van der Waals surface area contributed by atoms with Crippen LogP contribution >= 0.6 is 0 Å². The van der Waals surface area contributed by atoms with Crippen molar-refractivity contribution in [2.24, 2.45) is 0 Å². The van der Waals surface area contributed by atoms with Crippen LogP contribution in [-0.2, 0) is 9.53 Å². The molecule has 0 fully saturated rings. The van der Waals surface area contributed by atoms with E-state index in [0.29, 0.717) is 16.9 Å². The lowest BCUT2D eigenvalue weighted by atomic mass is 10.0. The van der Waals surface area contributed by atoms with E-state index < -0.39 is 12.8 Å². The van der Waals surface area contributed by atoms with Gasteiger partial charge in [-0.3, -0.25) is 4.79 Å². The number of rotatable bonds is 6. The smallest absolute Gasteiger partial charge is 0.330 e. The fourth-order valence-corrected chi connectivity index (χ4v) is 1.92. The summed E-state index contributed by atoms with van der Waals surface area (Å²) in [6.45, 7) is -0.409. The Labute approximate surface area is 133 Å². The lowest BCUT2D eigenvalue weighted by Gasteiger charge is -2.04. The van der Waals surface area contributed by atoms with Gasteiger partial charge in [0.2, 0.25) is 0 Å². The predicted molar refractivity (Wildman–Crippen MR) is 85.1 cm³/mol. The van der Waals surface area contributed by atoms with Crippen LogP contribution in [0.4, 0.5) is 0 Å². The highest BCUT2D eigenvalue weighted by atomic mass is 16.6. The quantitative estimate of drug-likeness (QED) is 0.384. The molecule has 1 N–H and O–H groups in total. The number of benzene rings is 2. The number of carbonyl (C=O) groups excluding carboxylic acids is 2. The molecular weight excluding hydrogens is 296 g/mol. The average molecular weight is 312 g/mol. The molecular formula is C18H16O5. The number of aliphatic hydroxyl groups excluding tert-OH is 1. The summed E-state index contributed by atoms with van der Waals surface area (Å²) in [5, 5.41) is 8.67. The van der Waals surface area contributed by atoms with Crippen molar-refractivity contribution in [3.8, 4) is 5.75 Å². The standard InChI is InChI=1S/C18H16O5/c1-22-17(20)11-4-13-2-5-14(6-3-13)18(21)15-7-9-16(10-8-15)23-12-19/h2-11,19H,12H2,1H3/b11-4+. The zero-order valence-corrected chi connectivity index (χ0v) is 12.6. The maximum Gasteiger partial charge on any atom is 0.330 e. The van der Waals surface area contributed by atoms with E-state index in [9.17, 15) is 9.59 Å². The van der Waals surface area contributed by atoms with Crippen molar-refractivity contribution in [3.05, 3.63) is 71.3 Å². The van der Waals surface area contributed by atoms with Gasteiger partial charge in [-0.2, -0.15) is 0 Å². The van der Waals surface area contributed by atoms with Crippen molar-refractivity contribution in [2.45, 2.75) is 0 Å². The van der Waals surface area contributed by atoms with Gasteiger partial charge in [0.05, 0.1) is 7.11 Å². The Balaban J connectivity index is 2.10. The molecule has 5 nitrogen and oxygen atoms in total. The van der Waals surface area contributed by atoms with Crippen LogP contribution in [0.25, 0.3) is 6.08 Å². The molecule has 2 aromatic rings. The molecule has 0 saturated heterocycles. The minimum absolute atomic E-state index is 0.121. The van der Waals surface area contributed by atoms with Gasteiger partial charge in [-0.05, 0) is 35.9 Å². The van der Waals surface area contributed by atoms with Crippen molar-refractivity contribution in [2.75, 3.05) is 13.9 Å². The number of methoxy groups -OCH3 is 1. The summed E-state index contributed by atoms with van der Waals surface area (Å²) >= 11 is 0. The molecule has 0 aliphatic rings. The van der Waals surface area contributed by atoms with E-state index in [1.54, 1.807) is 54.6 Å². The number of aliphatic hydroxyl groups is 1. The highest BCUT2D eigenvalue weighted by Crippen LogP contribution is 2.16. The summed E-state index contributed by atoms with van der Waals surface area (Å²) in [5.74, 6) is -0.0632. The van der Waals surface area contributed by atoms with E-state index in [1.165, 1.54) is 13.2 Å². The Morgan fingerprint density at radius 3 is 2.09 bits per heavy atom. The molecule has 0 amide bonds. The molecule has 2 rings (SSSR count). The molecule has 0 spiro atoms. The van der Waals surface area contributed by atoms with Crippen LogP contribution in [0.1, 0.15) is 21.5 Å². The third kappa shape index (κ3) is 4.52. The number of esters is 1. The van der Waals surface area contributed by atoms with Crippen LogP contribution in [0.3, 0.4) is 0 Å². The molecule has 0 aliphatic carbocycles. The van der Waals surface area contributed by atoms with Crippen LogP contribution in [0.2, 0.25) is 0 Å². The summed E-state index contributed by atoms with van der Waals surface area (Å²) in [6.07, 6.45) is 2.93. The summed E-state index contributed by atoms with van der Waals surface area (Å²) in [5.41, 5.74) is 1.85. The van der Waals surface area contributed by atoms with E-state index in [-0.39, 0.29) is 5.78 Å². The van der Waals surface area contributed by atoms with Crippen molar-refractivity contribution < 1.29 is 24.2 Å². The molecule has 0 aromatic heterocycles. The van der Waals surface area contributed by atoms with Crippen LogP contribution in [-0.4, -0.2) is 30.8 Å². The Morgan fingerprint density at radius 2 is 1.57 bits per heavy atom. The zero-order valence-electron chi connectivity index (χ0n) is 12.6. The summed E-state index contributed by atoms with van der Waals surface area (Å²) < 4.78 is 9.43. The van der Waals surface area contributed by atoms with E-state index in [2.05, 4.69) is 4.74 Å². The fraction of sp³-hybridized carbons (Fsp3) is 0.111. The van der Waals surface area contributed by atoms with Gasteiger partial charge in [-0.15, -0.1) is 0 Å². The van der Waals surface area contributed by atoms with Gasteiger partial charge in [0, 0.05) is 17.2 Å². The summed E-state index contributed by atoms with van der Waals surface area (Å²) in [6, 6.07) is 13.4. The SMILES string of the molecule is COC(=O)/C=C/c1ccc(C(=O)c2ccc(OCO)cc2)cc1. The minimum Gasteiger partial charge on any atom is -0.468 e. The van der Waals surface area contributed by atoms with Crippen molar-refractivity contribution in [1.82, 2.24) is 0 Å². The second-order valence-corrected chi connectivity index (χ2v) is 4.61. The van der Waals surface area contributed by atoms with Crippen LogP contribution in [0.5, 0.6) is 5.75 Å². The highest BCUT2D eigenvalue weighted by Gasteiger charge is 2.08. The first kappa shape index (κ1) is 16.5. The van der Waals surface area contributed by atoms with Crippen LogP contribution in [0.15, 0.2) is 54.6 Å². The lowest BCUT2D eigenvalue weighted by molar-refractivity contribution is -0.134. The molecule has 0 radical (unpaired) electrons.